The fraction of sp³-hybridized carbons (Fsp3) is 0.583. The van der Waals surface area contributed by atoms with Gasteiger partial charge in [0, 0.05) is 19.3 Å². The van der Waals surface area contributed by atoms with Crippen LogP contribution in [0, 0.1) is 5.92 Å². The molecule has 108 valence electrons. The molecule has 0 bridgehead atoms. The summed E-state index contributed by atoms with van der Waals surface area (Å²) >= 11 is 0. The molecule has 1 aromatic rings. The Kier molecular flexibility index (Phi) is 6.20. The summed E-state index contributed by atoms with van der Waals surface area (Å²) in [4.78, 5) is 3.76. The van der Waals surface area contributed by atoms with E-state index in [0.717, 1.165) is 12.8 Å². The minimum absolute atomic E-state index is 0.00533. The lowest BCUT2D eigenvalue weighted by Crippen LogP contribution is -2.30. The summed E-state index contributed by atoms with van der Waals surface area (Å²) in [5.74, 6) is 0.117. The van der Waals surface area contributed by atoms with Gasteiger partial charge in [0.1, 0.15) is 10.7 Å². The maximum atomic E-state index is 12.1. The van der Waals surface area contributed by atoms with Gasteiger partial charge in [-0.25, -0.2) is 18.1 Å². The number of nitrogens with one attached hydrogen (secondary N) is 1. The van der Waals surface area contributed by atoms with Gasteiger partial charge in [-0.1, -0.05) is 13.3 Å². The van der Waals surface area contributed by atoms with Crippen molar-refractivity contribution in [3.63, 3.8) is 0 Å². The van der Waals surface area contributed by atoms with Crippen molar-refractivity contribution in [2.45, 2.75) is 31.1 Å². The molecule has 1 atom stereocenters. The van der Waals surface area contributed by atoms with Crippen molar-refractivity contribution in [2.24, 2.45) is 5.92 Å². The van der Waals surface area contributed by atoms with Gasteiger partial charge in [-0.2, -0.15) is 0 Å². The Morgan fingerprint density at radius 3 is 2.79 bits per heavy atom. The molecule has 0 aromatic carbocycles. The van der Waals surface area contributed by atoms with E-state index in [2.05, 4.69) is 9.71 Å². The van der Waals surface area contributed by atoms with Crippen LogP contribution in [0.4, 0.5) is 5.82 Å². The minimum atomic E-state index is -3.64. The summed E-state index contributed by atoms with van der Waals surface area (Å²) < 4.78 is 26.7. The molecule has 4 N–H and O–H groups in total. The molecule has 0 saturated carbocycles. The van der Waals surface area contributed by atoms with Gasteiger partial charge < -0.3 is 10.8 Å². The molecule has 7 heteroatoms. The average Bonchev–Trinajstić information content (AvgIpc) is 2.37. The predicted molar refractivity (Wildman–Crippen MR) is 73.9 cm³/mol. The molecule has 0 fully saturated rings. The van der Waals surface area contributed by atoms with Gasteiger partial charge in [-0.3, -0.25) is 0 Å². The van der Waals surface area contributed by atoms with Crippen LogP contribution >= 0.6 is 0 Å². The van der Waals surface area contributed by atoms with Gasteiger partial charge in [0.25, 0.3) is 0 Å². The first-order valence-electron chi connectivity index (χ1n) is 6.32. The van der Waals surface area contributed by atoms with E-state index in [4.69, 9.17) is 10.8 Å². The summed E-state index contributed by atoms with van der Waals surface area (Å²) in [6.45, 7) is 2.38. The van der Waals surface area contributed by atoms with Crippen molar-refractivity contribution in [2.75, 3.05) is 18.9 Å². The fourth-order valence-corrected chi connectivity index (χ4v) is 3.07. The Balaban J connectivity index is 2.72. The van der Waals surface area contributed by atoms with Crippen LogP contribution in [0.3, 0.4) is 0 Å². The first-order valence-corrected chi connectivity index (χ1v) is 7.80. The van der Waals surface area contributed by atoms with Gasteiger partial charge in [0.15, 0.2) is 0 Å². The van der Waals surface area contributed by atoms with E-state index in [9.17, 15) is 8.42 Å². The van der Waals surface area contributed by atoms with Crippen molar-refractivity contribution < 1.29 is 13.5 Å². The van der Waals surface area contributed by atoms with Crippen LogP contribution in [-0.2, 0) is 10.0 Å². The Bertz CT molecular complexity index is 485. The normalized spacial score (nSPS) is 13.4. The second-order valence-corrected chi connectivity index (χ2v) is 6.14. The number of pyridine rings is 1. The van der Waals surface area contributed by atoms with Crippen LogP contribution in [0.15, 0.2) is 23.2 Å². The van der Waals surface area contributed by atoms with Gasteiger partial charge in [-0.05, 0) is 30.9 Å². The molecular formula is C12H21N3O3S. The Morgan fingerprint density at radius 2 is 2.21 bits per heavy atom. The van der Waals surface area contributed by atoms with Crippen LogP contribution in [0.2, 0.25) is 0 Å². The zero-order valence-corrected chi connectivity index (χ0v) is 11.9. The molecule has 0 aliphatic rings. The second kappa shape index (κ2) is 7.42. The summed E-state index contributed by atoms with van der Waals surface area (Å²) in [5, 5.41) is 8.95. The largest absolute Gasteiger partial charge is 0.396 e. The molecule has 1 heterocycles. The summed E-state index contributed by atoms with van der Waals surface area (Å²) in [6.07, 6.45) is 3.84. The number of hydrogen-bond donors (Lipinski definition) is 3. The number of nitrogens with two attached hydrogens (primary N) is 1. The zero-order valence-electron chi connectivity index (χ0n) is 11.0. The SMILES string of the molecule is CCCC(CCO)CNS(=O)(=O)c1cccnc1N. The second-order valence-electron chi connectivity index (χ2n) is 4.41. The Hall–Kier alpha value is -1.18. The highest BCUT2D eigenvalue weighted by atomic mass is 32.2. The number of sulfonamides is 1. The van der Waals surface area contributed by atoms with Crippen molar-refractivity contribution in [3.8, 4) is 0 Å². The smallest absolute Gasteiger partial charge is 0.244 e. The molecule has 1 rings (SSSR count). The van der Waals surface area contributed by atoms with Crippen LogP contribution in [0.5, 0.6) is 0 Å². The Morgan fingerprint density at radius 1 is 1.47 bits per heavy atom. The van der Waals surface area contributed by atoms with E-state index < -0.39 is 10.0 Å². The number of aliphatic hydroxyl groups is 1. The third kappa shape index (κ3) is 4.77. The minimum Gasteiger partial charge on any atom is -0.396 e. The van der Waals surface area contributed by atoms with Crippen LogP contribution in [-0.4, -0.2) is 31.7 Å². The molecule has 19 heavy (non-hydrogen) atoms. The van der Waals surface area contributed by atoms with Crippen LogP contribution in [0.1, 0.15) is 26.2 Å². The maximum Gasteiger partial charge on any atom is 0.244 e. The van der Waals surface area contributed by atoms with Crippen molar-refractivity contribution in [1.82, 2.24) is 9.71 Å². The van der Waals surface area contributed by atoms with E-state index in [0.29, 0.717) is 13.0 Å². The quantitative estimate of drug-likeness (QED) is 0.654. The van der Waals surface area contributed by atoms with Gasteiger partial charge in [0.2, 0.25) is 10.0 Å². The first kappa shape index (κ1) is 15.9. The maximum absolute atomic E-state index is 12.1. The molecule has 0 saturated heterocycles. The highest BCUT2D eigenvalue weighted by Gasteiger charge is 2.19. The van der Waals surface area contributed by atoms with E-state index >= 15 is 0 Å². The monoisotopic (exact) mass is 287 g/mol. The molecule has 6 nitrogen and oxygen atoms in total. The first-order chi connectivity index (χ1) is 9.01. The van der Waals surface area contributed by atoms with Crippen molar-refractivity contribution in [1.29, 1.82) is 0 Å². The third-order valence-electron chi connectivity index (χ3n) is 2.89. The van der Waals surface area contributed by atoms with E-state index in [1.165, 1.54) is 18.3 Å². The van der Waals surface area contributed by atoms with Crippen molar-refractivity contribution >= 4 is 15.8 Å². The highest BCUT2D eigenvalue weighted by molar-refractivity contribution is 7.89. The molecule has 0 amide bonds. The molecule has 1 aromatic heterocycles. The molecule has 0 aliphatic heterocycles. The number of nitrogen functional groups attached to an aromatic ring is 1. The summed E-state index contributed by atoms with van der Waals surface area (Å²) in [5.41, 5.74) is 5.56. The molecule has 0 spiro atoms. The number of rotatable bonds is 8. The standard InChI is InChI=1S/C12H21N3O3S/c1-2-4-10(6-8-16)9-15-19(17,18)11-5-3-7-14-12(11)13/h3,5,7,10,15-16H,2,4,6,8-9H2,1H3,(H2,13,14). The highest BCUT2D eigenvalue weighted by Crippen LogP contribution is 2.16. The fourth-order valence-electron chi connectivity index (χ4n) is 1.87. The van der Waals surface area contributed by atoms with E-state index in [-0.39, 0.29) is 23.2 Å². The summed E-state index contributed by atoms with van der Waals surface area (Å²) in [7, 11) is -3.64. The Labute approximate surface area is 114 Å². The third-order valence-corrected chi connectivity index (χ3v) is 4.36. The molecule has 0 radical (unpaired) electrons. The number of anilines is 1. The lowest BCUT2D eigenvalue weighted by molar-refractivity contribution is 0.251. The molecule has 1 unspecified atom stereocenters. The predicted octanol–water partition coefficient (Wildman–Crippen LogP) is 0.741. The molecular weight excluding hydrogens is 266 g/mol. The van der Waals surface area contributed by atoms with Gasteiger partial charge in [-0.15, -0.1) is 0 Å². The lowest BCUT2D eigenvalue weighted by Gasteiger charge is -2.16. The van der Waals surface area contributed by atoms with Gasteiger partial charge in [0.05, 0.1) is 0 Å². The average molecular weight is 287 g/mol. The zero-order chi connectivity index (χ0) is 14.3. The molecule has 0 aliphatic carbocycles. The summed E-state index contributed by atoms with van der Waals surface area (Å²) in [6, 6.07) is 2.95. The topological polar surface area (TPSA) is 105 Å². The van der Waals surface area contributed by atoms with Crippen molar-refractivity contribution in [3.05, 3.63) is 18.3 Å². The lowest BCUT2D eigenvalue weighted by atomic mass is 10.0. The number of nitrogens with zero attached hydrogens (tertiary/aromatic N) is 1. The number of aromatic nitrogens is 1. The van der Waals surface area contributed by atoms with Crippen LogP contribution < -0.4 is 10.5 Å². The van der Waals surface area contributed by atoms with Crippen LogP contribution in [0.25, 0.3) is 0 Å². The van der Waals surface area contributed by atoms with E-state index in [1.807, 2.05) is 6.92 Å². The number of hydrogen-bond acceptors (Lipinski definition) is 5. The van der Waals surface area contributed by atoms with E-state index in [1.54, 1.807) is 0 Å². The number of aliphatic hydroxyl groups excluding tert-OH is 1. The van der Waals surface area contributed by atoms with Gasteiger partial charge >= 0.3 is 0 Å².